The first-order chi connectivity index (χ1) is 14.3. The summed E-state index contributed by atoms with van der Waals surface area (Å²) in [6, 6.07) is 12.8. The van der Waals surface area contributed by atoms with Gasteiger partial charge in [0.2, 0.25) is 10.0 Å². The summed E-state index contributed by atoms with van der Waals surface area (Å²) in [6.45, 7) is 6.73. The maximum atomic E-state index is 12.8. The van der Waals surface area contributed by atoms with Gasteiger partial charge in [0.15, 0.2) is 6.61 Å². The van der Waals surface area contributed by atoms with E-state index in [0.717, 1.165) is 23.1 Å². The maximum absolute atomic E-state index is 12.8. The van der Waals surface area contributed by atoms with Crippen molar-refractivity contribution in [3.05, 3.63) is 59.2 Å². The van der Waals surface area contributed by atoms with Crippen molar-refractivity contribution in [3.8, 4) is 5.75 Å². The Hall–Kier alpha value is -2.38. The molecule has 0 atom stereocenters. The number of ether oxygens (including phenoxy) is 1. The van der Waals surface area contributed by atoms with E-state index in [1.54, 1.807) is 12.1 Å². The standard InChI is InChI=1S/C23H30N2O4S/c1-4-19-6-8-21(9-7-19)30(27,28)25-13-11-20(12-14-25)24-23(26)16-29-22-10-5-17(2)15-18(22)3/h5-10,15,20H,4,11-14,16H2,1-3H3,(H,24,26). The smallest absolute Gasteiger partial charge is 0.258 e. The highest BCUT2D eigenvalue weighted by atomic mass is 32.2. The van der Waals surface area contributed by atoms with Crippen LogP contribution in [0.15, 0.2) is 47.4 Å². The number of benzene rings is 2. The van der Waals surface area contributed by atoms with Crippen molar-refractivity contribution in [1.82, 2.24) is 9.62 Å². The predicted molar refractivity (Wildman–Crippen MR) is 117 cm³/mol. The molecule has 7 heteroatoms. The molecule has 6 nitrogen and oxygen atoms in total. The van der Waals surface area contributed by atoms with Crippen LogP contribution in [0.2, 0.25) is 0 Å². The molecule has 1 heterocycles. The van der Waals surface area contributed by atoms with Crippen molar-refractivity contribution in [2.45, 2.75) is 51.0 Å². The van der Waals surface area contributed by atoms with E-state index < -0.39 is 10.0 Å². The SMILES string of the molecule is CCc1ccc(S(=O)(=O)N2CCC(NC(=O)COc3ccc(C)cc3C)CC2)cc1. The van der Waals surface area contributed by atoms with Crippen LogP contribution in [0.3, 0.4) is 0 Å². The van der Waals surface area contributed by atoms with Gasteiger partial charge >= 0.3 is 0 Å². The number of aryl methyl sites for hydroxylation is 3. The molecule has 0 spiro atoms. The zero-order chi connectivity index (χ0) is 21.7. The number of nitrogens with zero attached hydrogens (tertiary/aromatic N) is 1. The van der Waals surface area contributed by atoms with Gasteiger partial charge in [0.1, 0.15) is 5.75 Å². The quantitative estimate of drug-likeness (QED) is 0.732. The molecule has 1 fully saturated rings. The molecule has 2 aromatic rings. The summed E-state index contributed by atoms with van der Waals surface area (Å²) in [7, 11) is -3.50. The fourth-order valence-corrected chi connectivity index (χ4v) is 5.13. The molecule has 1 amide bonds. The Morgan fingerprint density at radius 1 is 1.10 bits per heavy atom. The minimum absolute atomic E-state index is 0.0471. The summed E-state index contributed by atoms with van der Waals surface area (Å²) in [5, 5.41) is 2.96. The van der Waals surface area contributed by atoms with Gasteiger partial charge in [-0.1, -0.05) is 36.8 Å². The normalized spacial score (nSPS) is 15.7. The van der Waals surface area contributed by atoms with Crippen LogP contribution in [-0.4, -0.2) is 44.4 Å². The van der Waals surface area contributed by atoms with E-state index in [0.29, 0.717) is 36.6 Å². The molecule has 30 heavy (non-hydrogen) atoms. The summed E-state index contributed by atoms with van der Waals surface area (Å²) < 4.78 is 32.8. The molecule has 0 radical (unpaired) electrons. The number of nitrogens with one attached hydrogen (secondary N) is 1. The molecule has 0 saturated carbocycles. The zero-order valence-electron chi connectivity index (χ0n) is 17.8. The van der Waals surface area contributed by atoms with E-state index in [2.05, 4.69) is 5.32 Å². The Balaban J connectivity index is 1.49. The predicted octanol–water partition coefficient (Wildman–Crippen LogP) is 3.21. The summed E-state index contributed by atoms with van der Waals surface area (Å²) >= 11 is 0. The van der Waals surface area contributed by atoms with Crippen molar-refractivity contribution >= 4 is 15.9 Å². The van der Waals surface area contributed by atoms with Crippen LogP contribution in [0.5, 0.6) is 5.75 Å². The molecular formula is C23H30N2O4S. The van der Waals surface area contributed by atoms with Crippen molar-refractivity contribution in [2.24, 2.45) is 0 Å². The van der Waals surface area contributed by atoms with Gasteiger partial charge in [-0.15, -0.1) is 0 Å². The van der Waals surface area contributed by atoms with Gasteiger partial charge in [0.25, 0.3) is 5.91 Å². The van der Waals surface area contributed by atoms with E-state index in [-0.39, 0.29) is 18.6 Å². The van der Waals surface area contributed by atoms with E-state index in [1.807, 2.05) is 51.1 Å². The summed E-state index contributed by atoms with van der Waals surface area (Å²) in [6.07, 6.45) is 2.04. The number of rotatable bonds is 7. The third kappa shape index (κ3) is 5.40. The summed E-state index contributed by atoms with van der Waals surface area (Å²) in [5.74, 6) is 0.511. The highest BCUT2D eigenvalue weighted by Gasteiger charge is 2.29. The first-order valence-corrected chi connectivity index (χ1v) is 11.8. The molecule has 1 aliphatic rings. The van der Waals surface area contributed by atoms with Crippen LogP contribution >= 0.6 is 0 Å². The Bertz CT molecular complexity index is 979. The van der Waals surface area contributed by atoms with Gasteiger partial charge < -0.3 is 10.1 Å². The molecule has 1 aliphatic heterocycles. The Kier molecular flexibility index (Phi) is 7.15. The minimum Gasteiger partial charge on any atom is -0.484 e. The second-order valence-electron chi connectivity index (χ2n) is 7.80. The maximum Gasteiger partial charge on any atom is 0.258 e. The first-order valence-electron chi connectivity index (χ1n) is 10.4. The van der Waals surface area contributed by atoms with Crippen molar-refractivity contribution in [2.75, 3.05) is 19.7 Å². The lowest BCUT2D eigenvalue weighted by Gasteiger charge is -2.31. The van der Waals surface area contributed by atoms with Gasteiger partial charge in [0, 0.05) is 19.1 Å². The lowest BCUT2D eigenvalue weighted by atomic mass is 10.1. The zero-order valence-corrected chi connectivity index (χ0v) is 18.7. The van der Waals surface area contributed by atoms with Crippen LogP contribution in [0.4, 0.5) is 0 Å². The average Bonchev–Trinajstić information content (AvgIpc) is 2.73. The molecule has 3 rings (SSSR count). The van der Waals surface area contributed by atoms with Crippen LogP contribution in [-0.2, 0) is 21.2 Å². The van der Waals surface area contributed by atoms with Crippen molar-refractivity contribution in [3.63, 3.8) is 0 Å². The van der Waals surface area contributed by atoms with Crippen molar-refractivity contribution in [1.29, 1.82) is 0 Å². The number of sulfonamides is 1. The monoisotopic (exact) mass is 430 g/mol. The number of hydrogen-bond acceptors (Lipinski definition) is 4. The van der Waals surface area contributed by atoms with Gasteiger partial charge in [-0.25, -0.2) is 8.42 Å². The lowest BCUT2D eigenvalue weighted by molar-refractivity contribution is -0.124. The Labute approximate surface area is 179 Å². The van der Waals surface area contributed by atoms with E-state index in [1.165, 1.54) is 4.31 Å². The fraction of sp³-hybridized carbons (Fsp3) is 0.435. The minimum atomic E-state index is -3.50. The average molecular weight is 431 g/mol. The van der Waals surface area contributed by atoms with Crippen LogP contribution in [0, 0.1) is 13.8 Å². The summed E-state index contributed by atoms with van der Waals surface area (Å²) in [5.41, 5.74) is 3.25. The molecular weight excluding hydrogens is 400 g/mol. The van der Waals surface area contributed by atoms with E-state index in [9.17, 15) is 13.2 Å². The molecule has 0 unspecified atom stereocenters. The number of carbonyl (C=O) groups excluding carboxylic acids is 1. The second kappa shape index (κ2) is 9.62. The highest BCUT2D eigenvalue weighted by molar-refractivity contribution is 7.89. The number of carbonyl (C=O) groups is 1. The second-order valence-corrected chi connectivity index (χ2v) is 9.74. The van der Waals surface area contributed by atoms with Gasteiger partial charge in [-0.05, 0) is 62.4 Å². The third-order valence-electron chi connectivity index (χ3n) is 5.48. The Morgan fingerprint density at radius 3 is 2.37 bits per heavy atom. The molecule has 0 aromatic heterocycles. The largest absolute Gasteiger partial charge is 0.484 e. The molecule has 1 N–H and O–H groups in total. The summed E-state index contributed by atoms with van der Waals surface area (Å²) in [4.78, 5) is 12.6. The number of piperidine rings is 1. The van der Waals surface area contributed by atoms with E-state index in [4.69, 9.17) is 4.74 Å². The molecule has 0 bridgehead atoms. The van der Waals surface area contributed by atoms with Gasteiger partial charge in [-0.2, -0.15) is 4.31 Å². The number of hydrogen-bond donors (Lipinski definition) is 1. The molecule has 0 aliphatic carbocycles. The van der Waals surface area contributed by atoms with E-state index >= 15 is 0 Å². The third-order valence-corrected chi connectivity index (χ3v) is 7.39. The highest BCUT2D eigenvalue weighted by Crippen LogP contribution is 2.22. The number of amides is 1. The Morgan fingerprint density at radius 2 is 1.77 bits per heavy atom. The van der Waals surface area contributed by atoms with Gasteiger partial charge in [0.05, 0.1) is 4.90 Å². The van der Waals surface area contributed by atoms with Crippen LogP contribution in [0.25, 0.3) is 0 Å². The van der Waals surface area contributed by atoms with Gasteiger partial charge in [-0.3, -0.25) is 4.79 Å². The van der Waals surface area contributed by atoms with Crippen molar-refractivity contribution < 1.29 is 17.9 Å². The van der Waals surface area contributed by atoms with Crippen LogP contribution < -0.4 is 10.1 Å². The lowest BCUT2D eigenvalue weighted by Crippen LogP contribution is -2.47. The fourth-order valence-electron chi connectivity index (χ4n) is 3.66. The molecule has 2 aromatic carbocycles. The molecule has 1 saturated heterocycles. The van der Waals surface area contributed by atoms with Crippen LogP contribution in [0.1, 0.15) is 36.5 Å². The topological polar surface area (TPSA) is 75.7 Å². The first kappa shape index (κ1) is 22.3. The molecule has 162 valence electrons.